The van der Waals surface area contributed by atoms with Gasteiger partial charge in [-0.05, 0) is 24.5 Å². The van der Waals surface area contributed by atoms with Crippen LogP contribution in [0, 0.1) is 5.92 Å². The predicted octanol–water partition coefficient (Wildman–Crippen LogP) is 2.25. The Morgan fingerprint density at radius 2 is 2.33 bits per heavy atom. The fraction of sp³-hybridized carbons (Fsp3) is 0.500. The van der Waals surface area contributed by atoms with Crippen LogP contribution in [0.2, 0.25) is 0 Å². The van der Waals surface area contributed by atoms with E-state index in [9.17, 15) is 4.79 Å². The second-order valence-electron chi connectivity index (χ2n) is 3.69. The van der Waals surface area contributed by atoms with Crippen molar-refractivity contribution in [2.45, 2.75) is 26.7 Å². The van der Waals surface area contributed by atoms with E-state index >= 15 is 0 Å². The van der Waals surface area contributed by atoms with E-state index < -0.39 is 0 Å². The smallest absolute Gasteiger partial charge is 0.137 e. The van der Waals surface area contributed by atoms with Crippen molar-refractivity contribution in [1.82, 2.24) is 4.98 Å². The molecule has 0 N–H and O–H groups in total. The average Bonchev–Trinajstić information content (AvgIpc) is 2.26. The lowest BCUT2D eigenvalue weighted by atomic mass is 10.0. The van der Waals surface area contributed by atoms with E-state index in [1.165, 1.54) is 0 Å². The van der Waals surface area contributed by atoms with Crippen LogP contribution in [-0.2, 0) is 11.2 Å². The zero-order valence-corrected chi connectivity index (χ0v) is 9.27. The molecule has 0 aliphatic rings. The Balaban J connectivity index is 2.61. The number of nitrogens with zero attached hydrogens (tertiary/aromatic N) is 1. The number of ether oxygens (including phenoxy) is 1. The maximum absolute atomic E-state index is 10.5. The van der Waals surface area contributed by atoms with Crippen molar-refractivity contribution >= 4 is 6.29 Å². The van der Waals surface area contributed by atoms with Gasteiger partial charge in [-0.3, -0.25) is 4.98 Å². The molecular formula is C12H17NO2. The molecule has 82 valence electrons. The van der Waals surface area contributed by atoms with Gasteiger partial charge in [0.05, 0.1) is 12.8 Å². The summed E-state index contributed by atoms with van der Waals surface area (Å²) in [6.07, 6.45) is 6.14. The molecule has 15 heavy (non-hydrogen) atoms. The van der Waals surface area contributed by atoms with Gasteiger partial charge in [0.25, 0.3) is 0 Å². The van der Waals surface area contributed by atoms with E-state index in [-0.39, 0.29) is 5.92 Å². The third-order valence-electron chi connectivity index (χ3n) is 2.03. The Kier molecular flexibility index (Phi) is 4.81. The summed E-state index contributed by atoms with van der Waals surface area (Å²) in [5, 5.41) is 0. The van der Waals surface area contributed by atoms with Crippen molar-refractivity contribution < 1.29 is 9.53 Å². The summed E-state index contributed by atoms with van der Waals surface area (Å²) >= 11 is 0. The first-order chi connectivity index (χ1) is 7.26. The lowest BCUT2D eigenvalue weighted by Crippen LogP contribution is -2.02. The van der Waals surface area contributed by atoms with Gasteiger partial charge < -0.3 is 9.53 Å². The largest absolute Gasteiger partial charge is 0.492 e. The van der Waals surface area contributed by atoms with E-state index in [0.29, 0.717) is 6.61 Å². The Morgan fingerprint density at radius 3 is 3.00 bits per heavy atom. The highest BCUT2D eigenvalue weighted by Crippen LogP contribution is 2.14. The summed E-state index contributed by atoms with van der Waals surface area (Å²) in [6, 6.07) is 1.95. The molecular weight excluding hydrogens is 190 g/mol. The van der Waals surface area contributed by atoms with E-state index in [4.69, 9.17) is 4.74 Å². The molecule has 0 aliphatic heterocycles. The van der Waals surface area contributed by atoms with Crippen LogP contribution in [0.25, 0.3) is 0 Å². The van der Waals surface area contributed by atoms with Crippen LogP contribution in [-0.4, -0.2) is 17.9 Å². The first kappa shape index (κ1) is 11.7. The highest BCUT2D eigenvalue weighted by Gasteiger charge is 2.03. The zero-order valence-electron chi connectivity index (χ0n) is 9.27. The van der Waals surface area contributed by atoms with Crippen LogP contribution >= 0.6 is 0 Å². The maximum atomic E-state index is 10.5. The van der Waals surface area contributed by atoms with E-state index in [1.807, 2.05) is 13.0 Å². The van der Waals surface area contributed by atoms with Gasteiger partial charge in [-0.25, -0.2) is 0 Å². The molecule has 0 aliphatic carbocycles. The number of carbonyl (C=O) groups excluding carboxylic acids is 1. The standard InChI is InChI=1S/C12H17NO2/c1-3-4-15-12-6-11(7-13-8-12)5-10(2)9-14/h6-10H,3-5H2,1-2H3. The lowest BCUT2D eigenvalue weighted by molar-refractivity contribution is -0.110. The van der Waals surface area contributed by atoms with Crippen molar-refractivity contribution in [3.05, 3.63) is 24.0 Å². The Hall–Kier alpha value is -1.38. The van der Waals surface area contributed by atoms with Crippen LogP contribution in [0.4, 0.5) is 0 Å². The second-order valence-corrected chi connectivity index (χ2v) is 3.69. The molecule has 1 heterocycles. The van der Waals surface area contributed by atoms with E-state index in [2.05, 4.69) is 11.9 Å². The average molecular weight is 207 g/mol. The monoisotopic (exact) mass is 207 g/mol. The van der Waals surface area contributed by atoms with Crippen molar-refractivity contribution in [1.29, 1.82) is 0 Å². The summed E-state index contributed by atoms with van der Waals surface area (Å²) in [5.74, 6) is 0.820. The number of aromatic nitrogens is 1. The highest BCUT2D eigenvalue weighted by molar-refractivity contribution is 5.53. The third kappa shape index (κ3) is 4.11. The molecule has 1 rings (SSSR count). The van der Waals surface area contributed by atoms with Crippen LogP contribution in [0.3, 0.4) is 0 Å². The number of hydrogen-bond donors (Lipinski definition) is 0. The van der Waals surface area contributed by atoms with Gasteiger partial charge in [-0.15, -0.1) is 0 Å². The molecule has 0 radical (unpaired) electrons. The first-order valence-electron chi connectivity index (χ1n) is 5.28. The van der Waals surface area contributed by atoms with Gasteiger partial charge in [-0.2, -0.15) is 0 Å². The molecule has 0 spiro atoms. The minimum Gasteiger partial charge on any atom is -0.492 e. The van der Waals surface area contributed by atoms with Crippen LogP contribution < -0.4 is 4.74 Å². The quantitative estimate of drug-likeness (QED) is 0.671. The van der Waals surface area contributed by atoms with Gasteiger partial charge in [-0.1, -0.05) is 13.8 Å². The van der Waals surface area contributed by atoms with Crippen LogP contribution in [0.15, 0.2) is 18.5 Å². The molecule has 3 heteroatoms. The topological polar surface area (TPSA) is 39.2 Å². The van der Waals surface area contributed by atoms with E-state index in [1.54, 1.807) is 12.4 Å². The Morgan fingerprint density at radius 1 is 1.53 bits per heavy atom. The van der Waals surface area contributed by atoms with Gasteiger partial charge in [0.15, 0.2) is 0 Å². The van der Waals surface area contributed by atoms with Crippen molar-refractivity contribution in [3.8, 4) is 5.75 Å². The van der Waals surface area contributed by atoms with Gasteiger partial charge in [0.2, 0.25) is 0 Å². The van der Waals surface area contributed by atoms with E-state index in [0.717, 1.165) is 30.4 Å². The summed E-state index contributed by atoms with van der Waals surface area (Å²) in [7, 11) is 0. The number of hydrogen-bond acceptors (Lipinski definition) is 3. The summed E-state index contributed by atoms with van der Waals surface area (Å²) in [6.45, 7) is 4.66. The minimum atomic E-state index is 0.0354. The molecule has 1 atom stereocenters. The van der Waals surface area contributed by atoms with Gasteiger partial charge in [0.1, 0.15) is 12.0 Å². The Labute approximate surface area is 90.5 Å². The highest BCUT2D eigenvalue weighted by atomic mass is 16.5. The van der Waals surface area contributed by atoms with Crippen molar-refractivity contribution in [3.63, 3.8) is 0 Å². The number of pyridine rings is 1. The second kappa shape index (κ2) is 6.17. The molecule has 1 unspecified atom stereocenters. The molecule has 0 fully saturated rings. The van der Waals surface area contributed by atoms with Crippen LogP contribution in [0.1, 0.15) is 25.8 Å². The number of rotatable bonds is 6. The molecule has 0 bridgehead atoms. The van der Waals surface area contributed by atoms with Gasteiger partial charge in [0, 0.05) is 12.1 Å². The fourth-order valence-corrected chi connectivity index (χ4v) is 1.29. The molecule has 0 saturated heterocycles. The predicted molar refractivity (Wildman–Crippen MR) is 59.0 cm³/mol. The zero-order chi connectivity index (χ0) is 11.1. The number of carbonyl (C=O) groups is 1. The first-order valence-corrected chi connectivity index (χ1v) is 5.28. The Bertz CT molecular complexity index is 312. The maximum Gasteiger partial charge on any atom is 0.137 e. The molecule has 3 nitrogen and oxygen atoms in total. The van der Waals surface area contributed by atoms with Crippen molar-refractivity contribution in [2.75, 3.05) is 6.61 Å². The molecule has 0 amide bonds. The summed E-state index contributed by atoms with van der Waals surface area (Å²) in [5.41, 5.74) is 1.04. The molecule has 0 aromatic carbocycles. The third-order valence-corrected chi connectivity index (χ3v) is 2.03. The van der Waals surface area contributed by atoms with Crippen molar-refractivity contribution in [2.24, 2.45) is 5.92 Å². The van der Waals surface area contributed by atoms with Gasteiger partial charge >= 0.3 is 0 Å². The fourth-order valence-electron chi connectivity index (χ4n) is 1.29. The molecule has 1 aromatic rings. The minimum absolute atomic E-state index is 0.0354. The number of aldehydes is 1. The summed E-state index contributed by atoms with van der Waals surface area (Å²) < 4.78 is 5.46. The summed E-state index contributed by atoms with van der Waals surface area (Å²) in [4.78, 5) is 14.6. The lowest BCUT2D eigenvalue weighted by Gasteiger charge is -2.07. The van der Waals surface area contributed by atoms with Crippen LogP contribution in [0.5, 0.6) is 5.75 Å². The molecule has 0 saturated carbocycles. The molecule has 1 aromatic heterocycles. The normalized spacial score (nSPS) is 12.1. The SMILES string of the molecule is CCCOc1cncc(CC(C)C=O)c1.